The van der Waals surface area contributed by atoms with Crippen LogP contribution in [0.2, 0.25) is 0 Å². The van der Waals surface area contributed by atoms with Gasteiger partial charge in [-0.05, 0) is 39.0 Å². The number of amides is 1. The molecule has 1 aliphatic carbocycles. The van der Waals surface area contributed by atoms with Gasteiger partial charge in [0.15, 0.2) is 0 Å². The number of nitrogens with two attached hydrogens (primary N) is 1. The lowest BCUT2D eigenvalue weighted by Crippen LogP contribution is -2.39. The number of benzene rings is 1. The predicted molar refractivity (Wildman–Crippen MR) is 110 cm³/mol. The molecule has 2 heterocycles. The van der Waals surface area contributed by atoms with Crippen molar-refractivity contribution in [2.75, 3.05) is 18.9 Å². The van der Waals surface area contributed by atoms with Crippen LogP contribution in [0.3, 0.4) is 0 Å². The van der Waals surface area contributed by atoms with Crippen molar-refractivity contribution in [2.24, 2.45) is 5.41 Å². The molecule has 10 heteroatoms. The van der Waals surface area contributed by atoms with Crippen molar-refractivity contribution in [1.82, 2.24) is 15.5 Å². The lowest BCUT2D eigenvalue weighted by atomic mass is 10.1. The number of anilines is 1. The number of carbonyl (C=O) groups is 1. The summed E-state index contributed by atoms with van der Waals surface area (Å²) in [6.45, 7) is 4.52. The highest BCUT2D eigenvalue weighted by molar-refractivity contribution is 5.95. The Morgan fingerprint density at radius 1 is 1.35 bits per heavy atom. The summed E-state index contributed by atoms with van der Waals surface area (Å²) < 4.78 is 45.1. The van der Waals surface area contributed by atoms with E-state index in [4.69, 9.17) is 19.6 Å². The minimum absolute atomic E-state index is 0.274. The second-order valence-electron chi connectivity index (χ2n) is 8.79. The fraction of sp³-hybridized carbons (Fsp3) is 0.429. The van der Waals surface area contributed by atoms with E-state index in [1.54, 1.807) is 45.0 Å². The molecule has 1 aliphatic rings. The minimum atomic E-state index is -2.96. The Kier molecular flexibility index (Phi) is 4.83. The van der Waals surface area contributed by atoms with Gasteiger partial charge in [0, 0.05) is 24.4 Å². The first-order valence-corrected chi connectivity index (χ1v) is 9.79. The van der Waals surface area contributed by atoms with Gasteiger partial charge in [0.05, 0.1) is 22.9 Å². The van der Waals surface area contributed by atoms with Gasteiger partial charge in [0.2, 0.25) is 0 Å². The SMILES string of the molecule is CC(C)(C)OC(=O)NCC1(COc2ccc3ccoc3c2-c2cc(N)n[nH]2)CC1(F)F. The van der Waals surface area contributed by atoms with E-state index in [2.05, 4.69) is 15.5 Å². The maximum Gasteiger partial charge on any atom is 0.407 e. The molecule has 4 N–H and O–H groups in total. The lowest BCUT2D eigenvalue weighted by molar-refractivity contribution is 0.0328. The summed E-state index contributed by atoms with van der Waals surface area (Å²) in [4.78, 5) is 11.9. The fourth-order valence-corrected chi connectivity index (χ4v) is 3.41. The van der Waals surface area contributed by atoms with Crippen molar-refractivity contribution >= 4 is 22.9 Å². The number of rotatable bonds is 6. The third-order valence-corrected chi connectivity index (χ3v) is 5.14. The quantitative estimate of drug-likeness (QED) is 0.532. The molecule has 166 valence electrons. The summed E-state index contributed by atoms with van der Waals surface area (Å²) in [5.74, 6) is -2.35. The van der Waals surface area contributed by atoms with Crippen molar-refractivity contribution in [2.45, 2.75) is 38.7 Å². The van der Waals surface area contributed by atoms with Crippen LogP contribution in [-0.2, 0) is 4.74 Å². The predicted octanol–water partition coefficient (Wildman–Crippen LogP) is 4.33. The molecule has 3 aromatic rings. The number of ether oxygens (including phenoxy) is 2. The van der Waals surface area contributed by atoms with E-state index >= 15 is 0 Å². The number of hydrogen-bond acceptors (Lipinski definition) is 6. The van der Waals surface area contributed by atoms with E-state index in [0.717, 1.165) is 5.39 Å². The number of hydrogen-bond donors (Lipinski definition) is 3. The first-order chi connectivity index (χ1) is 14.5. The number of furan rings is 1. The monoisotopic (exact) mass is 434 g/mol. The maximum absolute atomic E-state index is 14.2. The van der Waals surface area contributed by atoms with E-state index in [0.29, 0.717) is 22.6 Å². The highest BCUT2D eigenvalue weighted by Crippen LogP contribution is 2.60. The van der Waals surface area contributed by atoms with E-state index in [9.17, 15) is 13.6 Å². The molecule has 1 atom stereocenters. The molecule has 2 aromatic heterocycles. The smallest absolute Gasteiger partial charge is 0.407 e. The second kappa shape index (κ2) is 7.14. The zero-order valence-corrected chi connectivity index (χ0v) is 17.4. The molecule has 0 aliphatic heterocycles. The average Bonchev–Trinajstić information content (AvgIpc) is 3.05. The highest BCUT2D eigenvalue weighted by Gasteiger charge is 2.71. The number of carbonyl (C=O) groups excluding carboxylic acids is 1. The highest BCUT2D eigenvalue weighted by atomic mass is 19.3. The van der Waals surface area contributed by atoms with Crippen molar-refractivity contribution < 1.29 is 27.5 Å². The molecule has 4 rings (SSSR count). The molecule has 0 radical (unpaired) electrons. The van der Waals surface area contributed by atoms with Crippen LogP contribution in [0, 0.1) is 5.41 Å². The summed E-state index contributed by atoms with van der Waals surface area (Å²) in [7, 11) is 0. The first kappa shape index (κ1) is 21.0. The number of alkyl carbamates (subject to hydrolysis) is 1. The first-order valence-electron chi connectivity index (χ1n) is 9.79. The Balaban J connectivity index is 1.54. The topological polar surface area (TPSA) is 115 Å². The molecule has 0 spiro atoms. The zero-order chi connectivity index (χ0) is 22.4. The summed E-state index contributed by atoms with van der Waals surface area (Å²) >= 11 is 0. The number of nitrogens with one attached hydrogen (secondary N) is 2. The Morgan fingerprint density at radius 3 is 2.71 bits per heavy atom. The normalized spacial score (nSPS) is 19.9. The Hall–Kier alpha value is -3.30. The van der Waals surface area contributed by atoms with Gasteiger partial charge in [-0.1, -0.05) is 0 Å². The van der Waals surface area contributed by atoms with Crippen LogP contribution >= 0.6 is 0 Å². The molecule has 0 bridgehead atoms. The summed E-state index contributed by atoms with van der Waals surface area (Å²) in [6.07, 6.45) is 0.379. The van der Waals surface area contributed by atoms with Crippen molar-refractivity contribution in [3.8, 4) is 17.0 Å². The number of aromatic amines is 1. The van der Waals surface area contributed by atoms with Gasteiger partial charge in [-0.25, -0.2) is 13.6 Å². The van der Waals surface area contributed by atoms with E-state index < -0.39 is 29.5 Å². The molecular weight excluding hydrogens is 410 g/mol. The number of aromatic nitrogens is 2. The Labute approximate surface area is 177 Å². The van der Waals surface area contributed by atoms with Gasteiger partial charge >= 0.3 is 6.09 Å². The summed E-state index contributed by atoms with van der Waals surface area (Å²) in [5.41, 5.74) is 5.07. The number of halogens is 2. The molecule has 1 fully saturated rings. The largest absolute Gasteiger partial charge is 0.492 e. The average molecular weight is 434 g/mol. The Morgan fingerprint density at radius 2 is 2.10 bits per heavy atom. The van der Waals surface area contributed by atoms with Gasteiger partial charge in [-0.15, -0.1) is 0 Å². The number of nitrogens with zero attached hydrogens (tertiary/aromatic N) is 1. The third kappa shape index (κ3) is 4.14. The summed E-state index contributed by atoms with van der Waals surface area (Å²) in [5, 5.41) is 9.97. The standard InChI is InChI=1S/C21H24F2N4O4/c1-19(2,3)31-18(28)25-10-20(9-21(20,22)23)11-30-14-5-4-12-6-7-29-17(12)16(14)13-8-15(24)27-26-13/h4-8H,9-11H2,1-3H3,(H,25,28)(H3,24,26,27). The minimum Gasteiger partial charge on any atom is -0.492 e. The molecule has 1 amide bonds. The van der Waals surface area contributed by atoms with Crippen LogP contribution in [0.25, 0.3) is 22.2 Å². The van der Waals surface area contributed by atoms with Crippen LogP contribution in [0.4, 0.5) is 19.4 Å². The van der Waals surface area contributed by atoms with Gasteiger partial charge in [-0.2, -0.15) is 5.10 Å². The van der Waals surface area contributed by atoms with Gasteiger partial charge < -0.3 is 24.9 Å². The number of nitrogen functional groups attached to an aromatic ring is 1. The molecule has 1 aromatic carbocycles. The van der Waals surface area contributed by atoms with E-state index in [1.807, 2.05) is 0 Å². The van der Waals surface area contributed by atoms with E-state index in [-0.39, 0.29) is 19.0 Å². The lowest BCUT2D eigenvalue weighted by Gasteiger charge is -2.22. The molecule has 0 saturated heterocycles. The zero-order valence-electron chi connectivity index (χ0n) is 17.4. The molecule has 1 unspecified atom stereocenters. The molecule has 8 nitrogen and oxygen atoms in total. The van der Waals surface area contributed by atoms with Crippen LogP contribution in [0.5, 0.6) is 5.75 Å². The maximum atomic E-state index is 14.2. The molecule has 1 saturated carbocycles. The third-order valence-electron chi connectivity index (χ3n) is 5.14. The van der Waals surface area contributed by atoms with Gasteiger partial charge in [-0.3, -0.25) is 5.10 Å². The molecule has 31 heavy (non-hydrogen) atoms. The number of fused-ring (bicyclic) bond motifs is 1. The second-order valence-corrected chi connectivity index (χ2v) is 8.79. The van der Waals surface area contributed by atoms with Crippen LogP contribution in [0.1, 0.15) is 27.2 Å². The van der Waals surface area contributed by atoms with Crippen LogP contribution in [0.15, 0.2) is 34.9 Å². The fourth-order valence-electron chi connectivity index (χ4n) is 3.41. The Bertz CT molecular complexity index is 1120. The number of H-pyrrole nitrogens is 1. The van der Waals surface area contributed by atoms with Crippen molar-refractivity contribution in [3.63, 3.8) is 0 Å². The van der Waals surface area contributed by atoms with Crippen LogP contribution in [-0.4, -0.2) is 41.0 Å². The van der Waals surface area contributed by atoms with Gasteiger partial charge in [0.1, 0.15) is 29.4 Å². The number of alkyl halides is 2. The molecular formula is C21H24F2N4O4. The van der Waals surface area contributed by atoms with E-state index in [1.165, 1.54) is 6.26 Å². The van der Waals surface area contributed by atoms with Crippen molar-refractivity contribution in [1.29, 1.82) is 0 Å². The van der Waals surface area contributed by atoms with Gasteiger partial charge in [0.25, 0.3) is 5.92 Å². The van der Waals surface area contributed by atoms with Crippen LogP contribution < -0.4 is 15.8 Å². The summed E-state index contributed by atoms with van der Waals surface area (Å²) in [6, 6.07) is 6.84. The van der Waals surface area contributed by atoms with Crippen molar-refractivity contribution in [3.05, 3.63) is 30.5 Å².